The minimum absolute atomic E-state index is 0.0599. The zero-order valence-electron chi connectivity index (χ0n) is 14.7. The van der Waals surface area contributed by atoms with Crippen LogP contribution in [0.5, 0.6) is 0 Å². The molecule has 2 aromatic carbocycles. The number of nitro benzene ring substituents is 1. The molecule has 0 aliphatic rings. The van der Waals surface area contributed by atoms with Gasteiger partial charge >= 0.3 is 5.97 Å². The molecule has 1 heterocycles. The van der Waals surface area contributed by atoms with Crippen molar-refractivity contribution >= 4 is 45.5 Å². The van der Waals surface area contributed by atoms with Gasteiger partial charge in [-0.15, -0.1) is 0 Å². The number of rotatable bonds is 5. The number of halogens is 1. The number of carbonyl (C=O) groups is 1. The maximum Gasteiger partial charge on any atom is 0.341 e. The SMILES string of the molecule is CCOC(=O)c1cnc2c(C)c(Cl)ccc2c1Nc1cccc([N+](=O)[O-])c1. The molecule has 0 saturated carbocycles. The van der Waals surface area contributed by atoms with Crippen LogP contribution in [-0.4, -0.2) is 22.5 Å². The number of fused-ring (bicyclic) bond motifs is 1. The van der Waals surface area contributed by atoms with Crippen molar-refractivity contribution < 1.29 is 14.5 Å². The lowest BCUT2D eigenvalue weighted by molar-refractivity contribution is -0.384. The van der Waals surface area contributed by atoms with Crippen molar-refractivity contribution in [2.75, 3.05) is 11.9 Å². The lowest BCUT2D eigenvalue weighted by atomic mass is 10.1. The number of pyridine rings is 1. The number of aryl methyl sites for hydroxylation is 1. The van der Waals surface area contributed by atoms with Gasteiger partial charge in [0, 0.05) is 34.4 Å². The van der Waals surface area contributed by atoms with Crippen LogP contribution in [0.3, 0.4) is 0 Å². The number of nitrogens with zero attached hydrogens (tertiary/aromatic N) is 2. The van der Waals surface area contributed by atoms with Crippen LogP contribution < -0.4 is 5.32 Å². The summed E-state index contributed by atoms with van der Waals surface area (Å²) in [7, 11) is 0. The van der Waals surface area contributed by atoms with E-state index < -0.39 is 10.9 Å². The molecule has 0 radical (unpaired) electrons. The average molecular weight is 386 g/mol. The largest absolute Gasteiger partial charge is 0.462 e. The van der Waals surface area contributed by atoms with Crippen molar-refractivity contribution in [3.05, 3.63) is 68.9 Å². The molecule has 27 heavy (non-hydrogen) atoms. The van der Waals surface area contributed by atoms with Crippen LogP contribution in [0.2, 0.25) is 5.02 Å². The smallest absolute Gasteiger partial charge is 0.341 e. The molecule has 3 aromatic rings. The van der Waals surface area contributed by atoms with Crippen LogP contribution in [0.15, 0.2) is 42.6 Å². The molecule has 138 valence electrons. The fourth-order valence-electron chi connectivity index (χ4n) is 2.72. The Kier molecular flexibility index (Phi) is 5.23. The number of hydrogen-bond acceptors (Lipinski definition) is 6. The van der Waals surface area contributed by atoms with Crippen molar-refractivity contribution in [3.8, 4) is 0 Å². The van der Waals surface area contributed by atoms with E-state index in [-0.39, 0.29) is 17.9 Å². The first-order chi connectivity index (χ1) is 12.9. The highest BCUT2D eigenvalue weighted by Crippen LogP contribution is 2.34. The third-order valence-electron chi connectivity index (χ3n) is 4.05. The van der Waals surface area contributed by atoms with Gasteiger partial charge in [-0.25, -0.2) is 4.79 Å². The van der Waals surface area contributed by atoms with E-state index in [1.54, 1.807) is 31.2 Å². The molecule has 0 atom stereocenters. The fourth-order valence-corrected chi connectivity index (χ4v) is 2.87. The fraction of sp³-hybridized carbons (Fsp3) is 0.158. The summed E-state index contributed by atoms with van der Waals surface area (Å²) in [5, 5.41) is 15.4. The summed E-state index contributed by atoms with van der Waals surface area (Å²) in [6.45, 7) is 3.76. The summed E-state index contributed by atoms with van der Waals surface area (Å²) in [5.41, 5.74) is 2.50. The quantitative estimate of drug-likeness (QED) is 0.376. The van der Waals surface area contributed by atoms with Gasteiger partial charge in [-0.05, 0) is 37.6 Å². The number of carbonyl (C=O) groups excluding carboxylic acids is 1. The zero-order valence-corrected chi connectivity index (χ0v) is 15.4. The van der Waals surface area contributed by atoms with E-state index >= 15 is 0 Å². The number of nitrogens with one attached hydrogen (secondary N) is 1. The third-order valence-corrected chi connectivity index (χ3v) is 4.46. The van der Waals surface area contributed by atoms with E-state index in [9.17, 15) is 14.9 Å². The number of esters is 1. The predicted molar refractivity (Wildman–Crippen MR) is 104 cm³/mol. The van der Waals surface area contributed by atoms with Crippen LogP contribution in [0.1, 0.15) is 22.8 Å². The minimum Gasteiger partial charge on any atom is -0.462 e. The molecule has 0 saturated heterocycles. The molecule has 0 bridgehead atoms. The van der Waals surface area contributed by atoms with Crippen molar-refractivity contribution in [1.29, 1.82) is 0 Å². The van der Waals surface area contributed by atoms with Crippen LogP contribution in [0, 0.1) is 17.0 Å². The maximum absolute atomic E-state index is 12.4. The van der Waals surface area contributed by atoms with E-state index in [4.69, 9.17) is 16.3 Å². The van der Waals surface area contributed by atoms with E-state index in [2.05, 4.69) is 10.3 Å². The Morgan fingerprint density at radius 2 is 2.11 bits per heavy atom. The molecule has 0 unspecified atom stereocenters. The highest BCUT2D eigenvalue weighted by atomic mass is 35.5. The highest BCUT2D eigenvalue weighted by Gasteiger charge is 2.19. The van der Waals surface area contributed by atoms with E-state index in [1.807, 2.05) is 6.92 Å². The van der Waals surface area contributed by atoms with Gasteiger partial charge in [0.2, 0.25) is 0 Å². The molecule has 0 spiro atoms. The predicted octanol–water partition coefficient (Wildman–Crippen LogP) is 5.03. The lowest BCUT2D eigenvalue weighted by Gasteiger charge is -2.15. The third kappa shape index (κ3) is 3.68. The Hall–Kier alpha value is -3.19. The van der Waals surface area contributed by atoms with Gasteiger partial charge in [-0.1, -0.05) is 17.7 Å². The average Bonchev–Trinajstić information content (AvgIpc) is 2.65. The number of nitro groups is 1. The number of anilines is 2. The van der Waals surface area contributed by atoms with Gasteiger partial charge in [0.25, 0.3) is 5.69 Å². The van der Waals surface area contributed by atoms with Gasteiger partial charge in [0.15, 0.2) is 0 Å². The van der Waals surface area contributed by atoms with Gasteiger partial charge < -0.3 is 10.1 Å². The van der Waals surface area contributed by atoms with Crippen molar-refractivity contribution in [2.45, 2.75) is 13.8 Å². The molecule has 7 nitrogen and oxygen atoms in total. The minimum atomic E-state index is -0.535. The maximum atomic E-state index is 12.4. The first-order valence-electron chi connectivity index (χ1n) is 8.18. The summed E-state index contributed by atoms with van der Waals surface area (Å²) in [4.78, 5) is 27.3. The summed E-state index contributed by atoms with van der Waals surface area (Å²) in [6.07, 6.45) is 1.42. The van der Waals surface area contributed by atoms with E-state index in [1.165, 1.54) is 18.3 Å². The van der Waals surface area contributed by atoms with Gasteiger partial charge in [0.05, 0.1) is 22.7 Å². The lowest BCUT2D eigenvalue weighted by Crippen LogP contribution is -2.09. The molecule has 0 amide bonds. The second-order valence-corrected chi connectivity index (χ2v) is 6.18. The van der Waals surface area contributed by atoms with Crippen LogP contribution in [0.4, 0.5) is 17.1 Å². The Morgan fingerprint density at radius 1 is 1.33 bits per heavy atom. The Morgan fingerprint density at radius 3 is 2.81 bits per heavy atom. The first-order valence-corrected chi connectivity index (χ1v) is 8.56. The topological polar surface area (TPSA) is 94.4 Å². The number of aromatic nitrogens is 1. The van der Waals surface area contributed by atoms with Crippen molar-refractivity contribution in [3.63, 3.8) is 0 Å². The zero-order chi connectivity index (χ0) is 19.6. The first kappa shape index (κ1) is 18.6. The van der Waals surface area contributed by atoms with Crippen molar-refractivity contribution in [1.82, 2.24) is 4.98 Å². The summed E-state index contributed by atoms with van der Waals surface area (Å²) < 4.78 is 5.12. The van der Waals surface area contributed by atoms with E-state index in [0.717, 1.165) is 5.56 Å². The molecule has 1 aromatic heterocycles. The molecule has 0 aliphatic heterocycles. The standard InChI is InChI=1S/C19H16ClN3O4/c1-3-27-19(24)15-10-21-17-11(2)16(20)8-7-14(17)18(15)22-12-5-4-6-13(9-12)23(25)26/h4-10H,3H2,1-2H3,(H,21,22). The Balaban J connectivity index is 2.19. The molecule has 0 fully saturated rings. The molecular formula is C19H16ClN3O4. The number of non-ortho nitro benzene ring substituents is 1. The summed E-state index contributed by atoms with van der Waals surface area (Å²) >= 11 is 6.18. The van der Waals surface area contributed by atoms with Crippen LogP contribution in [0.25, 0.3) is 10.9 Å². The van der Waals surface area contributed by atoms with Crippen molar-refractivity contribution in [2.24, 2.45) is 0 Å². The number of hydrogen-bond donors (Lipinski definition) is 1. The van der Waals surface area contributed by atoms with Gasteiger partial charge in [-0.2, -0.15) is 0 Å². The second-order valence-electron chi connectivity index (χ2n) is 5.77. The second kappa shape index (κ2) is 7.59. The summed E-state index contributed by atoms with van der Waals surface area (Å²) in [6, 6.07) is 9.50. The van der Waals surface area contributed by atoms with Crippen LogP contribution in [-0.2, 0) is 4.74 Å². The molecule has 0 aliphatic carbocycles. The number of ether oxygens (including phenoxy) is 1. The molecule has 3 rings (SSSR count). The van der Waals surface area contributed by atoms with Gasteiger partial charge in [0.1, 0.15) is 5.56 Å². The molecule has 8 heteroatoms. The number of benzene rings is 2. The molecule has 1 N–H and O–H groups in total. The molecular weight excluding hydrogens is 370 g/mol. The Bertz CT molecular complexity index is 1050. The highest BCUT2D eigenvalue weighted by molar-refractivity contribution is 6.32. The summed E-state index contributed by atoms with van der Waals surface area (Å²) in [5.74, 6) is -0.535. The van der Waals surface area contributed by atoms with E-state index in [0.29, 0.717) is 27.3 Å². The normalized spacial score (nSPS) is 10.6. The van der Waals surface area contributed by atoms with Gasteiger partial charge in [-0.3, -0.25) is 15.1 Å². The Labute approximate surface area is 160 Å². The van der Waals surface area contributed by atoms with Crippen LogP contribution >= 0.6 is 11.6 Å². The monoisotopic (exact) mass is 385 g/mol.